The molecular weight excluding hydrogens is 660 g/mol. The van der Waals surface area contributed by atoms with E-state index in [2.05, 4.69) is 22.9 Å². The average molecular weight is 690 g/mol. The van der Waals surface area contributed by atoms with Crippen molar-refractivity contribution >= 4 is 54.7 Å². The highest BCUT2D eigenvalue weighted by Crippen LogP contribution is 2.51. The van der Waals surface area contributed by atoms with Gasteiger partial charge in [0.1, 0.15) is 41.4 Å². The number of rotatable bonds is 4. The molecule has 10 nitrogen and oxygen atoms in total. The third-order valence-electron chi connectivity index (χ3n) is 9.99. The van der Waals surface area contributed by atoms with E-state index in [1.54, 1.807) is 0 Å². The van der Waals surface area contributed by atoms with Gasteiger partial charge in [-0.05, 0) is 48.9 Å². The van der Waals surface area contributed by atoms with Crippen LogP contribution in [0.2, 0.25) is 5.02 Å². The monoisotopic (exact) mass is 689 g/mol. The molecule has 246 valence electrons. The van der Waals surface area contributed by atoms with Crippen LogP contribution in [0.4, 0.5) is 19.6 Å². The summed E-state index contributed by atoms with van der Waals surface area (Å²) in [6, 6.07) is 6.34. The lowest BCUT2D eigenvalue weighted by atomic mass is 9.92. The summed E-state index contributed by atoms with van der Waals surface area (Å²) in [7, 11) is 0. The van der Waals surface area contributed by atoms with Crippen LogP contribution < -0.4 is 20.1 Å². The van der Waals surface area contributed by atoms with E-state index in [0.29, 0.717) is 23.9 Å². The second kappa shape index (κ2) is 11.7. The number of fused-ring (bicyclic) bond motifs is 4. The Labute approximate surface area is 283 Å². The molecule has 0 amide bonds. The highest BCUT2D eigenvalue weighted by molar-refractivity contribution is 7.23. The number of halogens is 3. The quantitative estimate of drug-likeness (QED) is 0.247. The first-order chi connectivity index (χ1) is 23.2. The molecule has 0 aliphatic carbocycles. The van der Waals surface area contributed by atoms with Crippen LogP contribution in [-0.2, 0) is 4.74 Å². The van der Waals surface area contributed by atoms with E-state index in [1.165, 1.54) is 18.2 Å². The zero-order valence-electron chi connectivity index (χ0n) is 26.0. The molecule has 48 heavy (non-hydrogen) atoms. The zero-order valence-corrected chi connectivity index (χ0v) is 27.6. The van der Waals surface area contributed by atoms with Crippen molar-refractivity contribution in [2.24, 2.45) is 5.92 Å². The van der Waals surface area contributed by atoms with Crippen molar-refractivity contribution in [3.63, 3.8) is 0 Å². The largest absolute Gasteiger partial charge is 0.489 e. The van der Waals surface area contributed by atoms with Gasteiger partial charge in [-0.1, -0.05) is 24.6 Å². The minimum absolute atomic E-state index is 0.00484. The molecule has 0 saturated carbocycles. The fourth-order valence-corrected chi connectivity index (χ4v) is 9.25. The van der Waals surface area contributed by atoms with Gasteiger partial charge < -0.3 is 24.8 Å². The van der Waals surface area contributed by atoms with Crippen LogP contribution >= 0.6 is 22.9 Å². The third-order valence-corrected chi connectivity index (χ3v) is 11.4. The number of hydrogen-bond acceptors (Lipinski definition) is 11. The van der Waals surface area contributed by atoms with Crippen LogP contribution in [-0.4, -0.2) is 72.5 Å². The number of nitriles is 2. The molecular formula is C34H30ClF2N7O3S. The van der Waals surface area contributed by atoms with Crippen LogP contribution in [0.5, 0.6) is 11.8 Å². The Morgan fingerprint density at radius 1 is 1.25 bits per heavy atom. The molecule has 4 aromatic rings. The molecule has 1 unspecified atom stereocenters. The lowest BCUT2D eigenvalue weighted by Gasteiger charge is -2.32. The number of thiophene rings is 1. The first-order valence-electron chi connectivity index (χ1n) is 15.8. The summed E-state index contributed by atoms with van der Waals surface area (Å²) in [6.07, 6.45) is 4.49. The number of hydrogen-bond donors (Lipinski definition) is 1. The maximum atomic E-state index is 17.2. The maximum Gasteiger partial charge on any atom is 0.319 e. The SMILES string of the molecule is C[C@H]1CN2CCC[C@@]2(COc2nc3c4c(c(Cl)c(-c5ccc(F)c6sc(N)c(C#N)c56)c(F)c4n2)OCC2COC/C(=C\C#N)CN32)C1. The first kappa shape index (κ1) is 31.0. The van der Waals surface area contributed by atoms with Crippen molar-refractivity contribution < 1.29 is 23.0 Å². The maximum absolute atomic E-state index is 17.2. The van der Waals surface area contributed by atoms with E-state index in [-0.39, 0.29) is 97.4 Å². The highest BCUT2D eigenvalue weighted by Gasteiger charge is 2.48. The Morgan fingerprint density at radius 3 is 2.92 bits per heavy atom. The van der Waals surface area contributed by atoms with Crippen molar-refractivity contribution in [1.82, 2.24) is 14.9 Å². The van der Waals surface area contributed by atoms with Crippen LogP contribution in [0, 0.1) is 40.2 Å². The lowest BCUT2D eigenvalue weighted by molar-refractivity contribution is 0.107. The lowest BCUT2D eigenvalue weighted by Crippen LogP contribution is -2.43. The van der Waals surface area contributed by atoms with E-state index >= 15 is 8.78 Å². The number of benzene rings is 2. The van der Waals surface area contributed by atoms with Crippen molar-refractivity contribution in [3.05, 3.63) is 46.0 Å². The smallest absolute Gasteiger partial charge is 0.319 e. The summed E-state index contributed by atoms with van der Waals surface area (Å²) >= 11 is 7.97. The van der Waals surface area contributed by atoms with Crippen molar-refractivity contribution in [2.75, 3.05) is 56.7 Å². The Balaban J connectivity index is 1.36. The van der Waals surface area contributed by atoms with Crippen molar-refractivity contribution in [2.45, 2.75) is 37.8 Å². The summed E-state index contributed by atoms with van der Waals surface area (Å²) in [5.74, 6) is -0.373. The number of anilines is 2. The Kier molecular flexibility index (Phi) is 7.57. The van der Waals surface area contributed by atoms with Gasteiger partial charge in [-0.15, -0.1) is 11.3 Å². The third kappa shape index (κ3) is 4.75. The van der Waals surface area contributed by atoms with E-state index < -0.39 is 11.6 Å². The zero-order chi connectivity index (χ0) is 33.3. The number of aromatic nitrogens is 2. The average Bonchev–Trinajstić information content (AvgIpc) is 3.61. The minimum Gasteiger partial charge on any atom is -0.489 e. The first-order valence-corrected chi connectivity index (χ1v) is 17.0. The molecule has 2 N–H and O–H groups in total. The highest BCUT2D eigenvalue weighted by atomic mass is 35.5. The Morgan fingerprint density at radius 2 is 2.10 bits per heavy atom. The van der Waals surface area contributed by atoms with E-state index in [9.17, 15) is 10.5 Å². The van der Waals surface area contributed by atoms with Crippen molar-refractivity contribution in [3.8, 4) is 35.0 Å². The van der Waals surface area contributed by atoms with Gasteiger partial charge in [-0.25, -0.2) is 8.78 Å². The summed E-state index contributed by atoms with van der Waals surface area (Å²) < 4.78 is 51.0. The molecule has 2 aromatic heterocycles. The number of allylic oxidation sites excluding steroid dienone is 1. The Hall–Kier alpha value is -4.27. The molecule has 2 aromatic carbocycles. The predicted octanol–water partition coefficient (Wildman–Crippen LogP) is 6.20. The van der Waals surface area contributed by atoms with Crippen LogP contribution in [0.1, 0.15) is 31.7 Å². The van der Waals surface area contributed by atoms with Gasteiger partial charge in [0.15, 0.2) is 11.6 Å². The number of ether oxygens (including phenoxy) is 3. The van der Waals surface area contributed by atoms with Gasteiger partial charge in [0, 0.05) is 30.1 Å². The molecule has 3 atom stereocenters. The fourth-order valence-electron chi connectivity index (χ4n) is 7.96. The molecule has 6 heterocycles. The molecule has 4 aliphatic rings. The van der Waals surface area contributed by atoms with Crippen LogP contribution in [0.25, 0.3) is 32.1 Å². The van der Waals surface area contributed by atoms with Gasteiger partial charge >= 0.3 is 6.01 Å². The summed E-state index contributed by atoms with van der Waals surface area (Å²) in [5, 5.41) is 19.8. The van der Waals surface area contributed by atoms with E-state index in [0.717, 1.165) is 43.7 Å². The second-order valence-corrected chi connectivity index (χ2v) is 14.5. The molecule has 4 aliphatic heterocycles. The molecule has 0 spiro atoms. The van der Waals surface area contributed by atoms with Gasteiger partial charge in [0.25, 0.3) is 0 Å². The van der Waals surface area contributed by atoms with Gasteiger partial charge in [-0.2, -0.15) is 20.5 Å². The molecule has 3 saturated heterocycles. The summed E-state index contributed by atoms with van der Waals surface area (Å²) in [4.78, 5) is 13.9. The molecule has 3 fully saturated rings. The van der Waals surface area contributed by atoms with Crippen LogP contribution in [0.15, 0.2) is 23.8 Å². The normalized spacial score (nSPS) is 24.5. The molecule has 8 rings (SSSR count). The predicted molar refractivity (Wildman–Crippen MR) is 178 cm³/mol. The second-order valence-electron chi connectivity index (χ2n) is 13.0. The fraction of sp³-hybridized carbons (Fsp3) is 0.412. The number of nitrogens with zero attached hydrogens (tertiary/aromatic N) is 6. The molecule has 0 radical (unpaired) electrons. The summed E-state index contributed by atoms with van der Waals surface area (Å²) in [6.45, 7) is 5.47. The topological polar surface area (TPSA) is 134 Å². The number of nitrogens with two attached hydrogens (primary N) is 1. The minimum atomic E-state index is -0.801. The molecule has 14 heteroatoms. The Bertz CT molecular complexity index is 2130. The van der Waals surface area contributed by atoms with Gasteiger partial charge in [0.05, 0.1) is 51.5 Å². The summed E-state index contributed by atoms with van der Waals surface area (Å²) in [5.41, 5.74) is 6.71. The van der Waals surface area contributed by atoms with Gasteiger partial charge in [0.2, 0.25) is 0 Å². The van der Waals surface area contributed by atoms with E-state index in [1.807, 2.05) is 11.0 Å². The van der Waals surface area contributed by atoms with Gasteiger partial charge in [-0.3, -0.25) is 4.90 Å². The molecule has 0 bridgehead atoms. The standard InChI is InChI=1S/C34H30ClF2N7O3S/c1-17-9-34(6-2-8-43(34)11-17)16-47-33-41-28-25-29(46-15-19-14-45-13-18(5-7-38)12-44(19)32(25)42-33)26(35)24(27(28)37)20-3-4-22(36)30-23(20)21(10-39)31(40)48-30/h3-5,17,19H,2,6,8-9,11-16,40H2,1H3/b18-5-/t17-,19?,34+/m1/s1. The number of nitrogen functional groups attached to an aromatic ring is 1. The van der Waals surface area contributed by atoms with E-state index in [4.69, 9.17) is 36.5 Å². The van der Waals surface area contributed by atoms with Crippen LogP contribution in [0.3, 0.4) is 0 Å². The van der Waals surface area contributed by atoms with Crippen molar-refractivity contribution in [1.29, 1.82) is 10.5 Å².